The van der Waals surface area contributed by atoms with Crippen LogP contribution in [-0.4, -0.2) is 14.1 Å². The molecule has 0 unspecified atom stereocenters. The van der Waals surface area contributed by atoms with Gasteiger partial charge in [-0.1, -0.05) is 216 Å². The predicted molar refractivity (Wildman–Crippen MR) is 346 cm³/mol. The number of benzene rings is 10. The second-order valence-electron chi connectivity index (χ2n) is 23.5. The van der Waals surface area contributed by atoms with Gasteiger partial charge in [0.2, 0.25) is 0 Å². The lowest BCUT2D eigenvalue weighted by molar-refractivity contribution is 0.591. The van der Waals surface area contributed by atoms with Crippen LogP contribution in [-0.2, 0) is 16.2 Å². The monoisotopic (exact) mass is 1140 g/mol. The number of rotatable bonds is 4. The van der Waals surface area contributed by atoms with E-state index in [1.165, 1.54) is 116 Å². The van der Waals surface area contributed by atoms with Gasteiger partial charge in [-0.2, -0.15) is 0 Å². The zero-order chi connectivity index (χ0) is 53.8. The minimum atomic E-state index is 0. The first kappa shape index (κ1) is 53.9. The summed E-state index contributed by atoms with van der Waals surface area (Å²) in [4.78, 5) is 3.46. The quantitative estimate of drug-likeness (QED) is 0.170. The van der Waals surface area contributed by atoms with Crippen molar-refractivity contribution in [1.82, 2.24) is 14.1 Å². The van der Waals surface area contributed by atoms with E-state index in [1.54, 1.807) is 0 Å². The molecule has 0 bridgehead atoms. The van der Waals surface area contributed by atoms with Crippen molar-refractivity contribution < 1.29 is 0 Å². The van der Waals surface area contributed by atoms with Gasteiger partial charge in [0.1, 0.15) is 0 Å². The third-order valence-electron chi connectivity index (χ3n) is 15.0. The van der Waals surface area contributed by atoms with Gasteiger partial charge in [0, 0.05) is 63.7 Å². The number of halogens is 2. The van der Waals surface area contributed by atoms with Gasteiger partial charge < -0.3 is 21.5 Å². The third-order valence-corrected chi connectivity index (χ3v) is 16.0. The summed E-state index contributed by atoms with van der Waals surface area (Å²) in [7, 11) is 0. The van der Waals surface area contributed by atoms with E-state index in [-0.39, 0.29) is 23.7 Å². The Kier molecular flexibility index (Phi) is 14.8. The molecule has 0 atom stereocenters. The summed E-state index contributed by atoms with van der Waals surface area (Å²) in [6, 6.07) is 81.3. The molecule has 13 aromatic rings. The molecule has 0 aliphatic rings. The molecule has 3 heterocycles. The van der Waals surface area contributed by atoms with Crippen LogP contribution in [0.25, 0.3) is 99.0 Å². The molecular weight excluding hydrogens is 1080 g/mol. The van der Waals surface area contributed by atoms with Gasteiger partial charge in [-0.3, -0.25) is 0 Å². The Morgan fingerprint density at radius 2 is 0.641 bits per heavy atom. The molecular formula is C73H68Br2N3-. The summed E-state index contributed by atoms with van der Waals surface area (Å²) >= 11 is 6.93. The zero-order valence-corrected chi connectivity index (χ0v) is 49.7. The molecule has 0 spiro atoms. The number of nitrogens with one attached hydrogen (secondary N) is 1. The summed E-state index contributed by atoms with van der Waals surface area (Å²) in [5, 5.41) is 7.82. The number of hydrogen-bond donors (Lipinski definition) is 1. The van der Waals surface area contributed by atoms with E-state index in [2.05, 4.69) is 308 Å². The highest BCUT2D eigenvalue weighted by atomic mass is 79.9. The van der Waals surface area contributed by atoms with E-state index >= 15 is 0 Å². The molecule has 13 rings (SSSR count). The van der Waals surface area contributed by atoms with Gasteiger partial charge in [0.25, 0.3) is 0 Å². The first-order valence-electron chi connectivity index (χ1n) is 26.7. The molecule has 0 saturated heterocycles. The lowest BCUT2D eigenvalue weighted by atomic mass is 9.86. The van der Waals surface area contributed by atoms with Gasteiger partial charge in [-0.15, -0.1) is 0 Å². The van der Waals surface area contributed by atoms with Crippen LogP contribution < -0.4 is 0 Å². The molecule has 1 N–H and O–H groups in total. The largest absolute Gasteiger partial charge is 0.358 e. The van der Waals surface area contributed by atoms with Gasteiger partial charge in [-0.05, 0) is 158 Å². The fourth-order valence-corrected chi connectivity index (χ4v) is 11.5. The highest BCUT2D eigenvalue weighted by Crippen LogP contribution is 2.39. The molecule has 3 aromatic heterocycles. The average molecular weight is 1150 g/mol. The maximum Gasteiger partial charge on any atom is 0.0541 e. The second kappa shape index (κ2) is 21.4. The third kappa shape index (κ3) is 10.8. The highest BCUT2D eigenvalue weighted by molar-refractivity contribution is 9.10. The Morgan fingerprint density at radius 1 is 0.295 bits per heavy atom. The lowest BCUT2D eigenvalue weighted by Gasteiger charge is -2.19. The van der Waals surface area contributed by atoms with E-state index in [0.717, 1.165) is 8.95 Å². The number of aromatic nitrogens is 3. The topological polar surface area (TPSA) is 25.6 Å². The van der Waals surface area contributed by atoms with E-state index < -0.39 is 0 Å². The van der Waals surface area contributed by atoms with Crippen molar-refractivity contribution in [3.05, 3.63) is 258 Å². The summed E-state index contributed by atoms with van der Waals surface area (Å²) in [6.45, 7) is 20.5. The van der Waals surface area contributed by atoms with Crippen LogP contribution in [0.2, 0.25) is 0 Å². The van der Waals surface area contributed by atoms with Crippen LogP contribution in [0.4, 0.5) is 0 Å². The van der Waals surface area contributed by atoms with Crippen molar-refractivity contribution in [3.63, 3.8) is 0 Å². The van der Waals surface area contributed by atoms with Crippen LogP contribution in [0.5, 0.6) is 0 Å². The smallest absolute Gasteiger partial charge is 0.0541 e. The normalized spacial score (nSPS) is 11.9. The van der Waals surface area contributed by atoms with E-state index in [9.17, 15) is 0 Å². The minimum Gasteiger partial charge on any atom is -0.358 e. The van der Waals surface area contributed by atoms with Crippen molar-refractivity contribution in [2.45, 2.75) is 78.6 Å². The van der Waals surface area contributed by atoms with Gasteiger partial charge >= 0.3 is 0 Å². The van der Waals surface area contributed by atoms with Crippen LogP contribution in [0.1, 0.15) is 79.0 Å². The zero-order valence-electron chi connectivity index (χ0n) is 46.5. The summed E-state index contributed by atoms with van der Waals surface area (Å²) in [5.41, 5.74) is 19.0. The molecule has 3 nitrogen and oxygen atoms in total. The molecule has 0 aliphatic carbocycles. The highest BCUT2D eigenvalue weighted by Gasteiger charge is 2.21. The standard InChI is InChI=1S/C44H40N2.C16H17N.C12H8Br2.CH3/c1-43(2,3)31-21-23-41-37(27-31)35-17-7-9-19-39(35)45(41)33-15-11-13-29(25-33)30-14-12-16-34(26-30)46-40-20-10-8-18-36(40)38-28-32(44(4,5)6)22-24-42(38)46;1-16(2,3)11-8-9-15-13(10-11)12-6-4-5-7-14(12)17-15;13-11-5-1-3-9(7-11)10-4-2-6-12(14)8-10;/h7-28H,1-6H3;4-10,17H,1-3H3;1-8H;1H3/q;;;-1. The molecule has 0 aliphatic heterocycles. The van der Waals surface area contributed by atoms with E-state index in [1.807, 2.05) is 24.3 Å². The van der Waals surface area contributed by atoms with E-state index in [0.29, 0.717) is 0 Å². The van der Waals surface area contributed by atoms with Crippen molar-refractivity contribution in [3.8, 4) is 33.6 Å². The van der Waals surface area contributed by atoms with Gasteiger partial charge in [-0.25, -0.2) is 0 Å². The van der Waals surface area contributed by atoms with Crippen LogP contribution in [0.15, 0.2) is 233 Å². The number of nitrogens with zero attached hydrogens (tertiary/aromatic N) is 2. The fraction of sp³-hybridized carbons (Fsp3) is 0.164. The van der Waals surface area contributed by atoms with Crippen molar-refractivity contribution in [2.75, 3.05) is 0 Å². The molecule has 0 fully saturated rings. The molecule has 0 amide bonds. The summed E-state index contributed by atoms with van der Waals surface area (Å²) in [6.07, 6.45) is 0. The minimum absolute atomic E-state index is 0. The average Bonchev–Trinajstić information content (AvgIpc) is 4.16. The summed E-state index contributed by atoms with van der Waals surface area (Å²) < 4.78 is 7.05. The Hall–Kier alpha value is -7.44. The van der Waals surface area contributed by atoms with Crippen molar-refractivity contribution in [2.24, 2.45) is 0 Å². The molecule has 0 saturated carbocycles. The molecule has 390 valence electrons. The predicted octanol–water partition coefficient (Wildman–Crippen LogP) is 22.1. The Morgan fingerprint density at radius 3 is 1.08 bits per heavy atom. The number of para-hydroxylation sites is 3. The number of H-pyrrole nitrogens is 1. The molecule has 5 heteroatoms. The van der Waals surface area contributed by atoms with E-state index in [4.69, 9.17) is 0 Å². The van der Waals surface area contributed by atoms with Gasteiger partial charge in [0.05, 0.1) is 22.1 Å². The molecule has 78 heavy (non-hydrogen) atoms. The first-order chi connectivity index (χ1) is 36.9. The Bertz CT molecular complexity index is 4100. The maximum atomic E-state index is 3.47. The van der Waals surface area contributed by atoms with Crippen LogP contribution in [0, 0.1) is 7.43 Å². The first-order valence-corrected chi connectivity index (χ1v) is 28.3. The van der Waals surface area contributed by atoms with Crippen LogP contribution >= 0.6 is 31.9 Å². The number of hydrogen-bond acceptors (Lipinski definition) is 0. The second-order valence-corrected chi connectivity index (χ2v) is 25.3. The molecule has 10 aromatic carbocycles. The Labute approximate surface area is 477 Å². The van der Waals surface area contributed by atoms with Crippen LogP contribution in [0.3, 0.4) is 0 Å². The lowest BCUT2D eigenvalue weighted by Crippen LogP contribution is -2.10. The number of aromatic amines is 1. The fourth-order valence-electron chi connectivity index (χ4n) is 10.7. The SMILES string of the molecule is Brc1cccc(-c2cccc(Br)c2)c1.CC(C)(C)c1ccc2[nH]c3ccccc3c2c1.CC(C)(C)c1ccc2c(c1)c1ccccc1n2-c1cccc(-c2cccc(-n3c4ccccc4c4cc(C(C)(C)C)ccc43)c2)c1.[CH3-]. The Balaban J connectivity index is 0.000000174. The van der Waals surface area contributed by atoms with Crippen molar-refractivity contribution in [1.29, 1.82) is 0 Å². The van der Waals surface area contributed by atoms with Crippen molar-refractivity contribution >= 4 is 97.3 Å². The van der Waals surface area contributed by atoms with Gasteiger partial charge in [0.15, 0.2) is 0 Å². The number of fused-ring (bicyclic) bond motifs is 9. The maximum absolute atomic E-state index is 3.47. The molecule has 0 radical (unpaired) electrons. The summed E-state index contributed by atoms with van der Waals surface area (Å²) in [5.74, 6) is 0.